The number of thioether (sulfide) groups is 1. The molecule has 27 heavy (non-hydrogen) atoms. The van der Waals surface area contributed by atoms with Crippen LogP contribution in [0.3, 0.4) is 0 Å². The second-order valence-electron chi connectivity index (χ2n) is 5.73. The Balaban J connectivity index is 1.37. The van der Waals surface area contributed by atoms with E-state index in [4.69, 9.17) is 4.74 Å². The van der Waals surface area contributed by atoms with Crippen molar-refractivity contribution in [1.82, 2.24) is 20.2 Å². The molecule has 2 heterocycles. The zero-order valence-electron chi connectivity index (χ0n) is 14.6. The number of hydrazone groups is 1. The fourth-order valence-electron chi connectivity index (χ4n) is 2.69. The van der Waals surface area contributed by atoms with Crippen LogP contribution in [-0.2, 0) is 5.75 Å². The smallest absolute Gasteiger partial charge is 0.240 e. The Bertz CT molecular complexity index is 1070. The Morgan fingerprint density at radius 2 is 2.04 bits per heavy atom. The van der Waals surface area contributed by atoms with Gasteiger partial charge in [0.25, 0.3) is 0 Å². The van der Waals surface area contributed by atoms with E-state index in [-0.39, 0.29) is 0 Å². The number of anilines is 1. The Kier molecular flexibility index (Phi) is 5.06. The highest BCUT2D eigenvalue weighted by Gasteiger charge is 2.07. The maximum Gasteiger partial charge on any atom is 0.240 e. The van der Waals surface area contributed by atoms with Crippen LogP contribution in [0.4, 0.5) is 5.95 Å². The van der Waals surface area contributed by atoms with Crippen LogP contribution in [0.1, 0.15) is 11.1 Å². The Morgan fingerprint density at radius 3 is 2.96 bits per heavy atom. The number of H-pyrrole nitrogens is 2. The summed E-state index contributed by atoms with van der Waals surface area (Å²) in [5.41, 5.74) is 6.06. The lowest BCUT2D eigenvalue weighted by atomic mass is 10.2. The van der Waals surface area contributed by atoms with Gasteiger partial charge in [-0.1, -0.05) is 48.2 Å². The number of ether oxygens (including phenoxy) is 1. The molecule has 4 rings (SSSR count). The van der Waals surface area contributed by atoms with Crippen LogP contribution >= 0.6 is 11.8 Å². The predicted molar refractivity (Wildman–Crippen MR) is 108 cm³/mol. The van der Waals surface area contributed by atoms with Gasteiger partial charge in [0.05, 0.1) is 13.3 Å². The first-order chi connectivity index (χ1) is 13.3. The molecule has 0 aliphatic carbocycles. The molecule has 3 N–H and O–H groups in total. The SMILES string of the molecule is COc1ccccc1CSc1n[nH]c(N/N=C/c2c[nH]c3ccccc23)n1. The lowest BCUT2D eigenvalue weighted by Crippen LogP contribution is -1.92. The van der Waals surface area contributed by atoms with Crippen molar-refractivity contribution in [3.63, 3.8) is 0 Å². The molecule has 0 radical (unpaired) electrons. The van der Waals surface area contributed by atoms with Crippen molar-refractivity contribution in [1.29, 1.82) is 0 Å². The van der Waals surface area contributed by atoms with Crippen LogP contribution in [-0.4, -0.2) is 33.5 Å². The average molecular weight is 378 g/mol. The largest absolute Gasteiger partial charge is 0.496 e. The maximum absolute atomic E-state index is 5.36. The van der Waals surface area contributed by atoms with Crippen molar-refractivity contribution in [2.45, 2.75) is 10.9 Å². The first-order valence-corrected chi connectivity index (χ1v) is 9.34. The Morgan fingerprint density at radius 1 is 1.19 bits per heavy atom. The van der Waals surface area contributed by atoms with Gasteiger partial charge in [-0.25, -0.2) is 10.5 Å². The third kappa shape index (κ3) is 3.95. The molecule has 0 saturated heterocycles. The van der Waals surface area contributed by atoms with Crippen molar-refractivity contribution in [3.8, 4) is 5.75 Å². The lowest BCUT2D eigenvalue weighted by molar-refractivity contribution is 0.411. The van der Waals surface area contributed by atoms with Gasteiger partial charge >= 0.3 is 0 Å². The number of fused-ring (bicyclic) bond motifs is 1. The van der Waals surface area contributed by atoms with Crippen LogP contribution in [0.2, 0.25) is 0 Å². The molecule has 0 bridgehead atoms. The minimum atomic E-state index is 0.494. The number of nitrogens with one attached hydrogen (secondary N) is 3. The average Bonchev–Trinajstić information content (AvgIpc) is 3.34. The third-order valence-corrected chi connectivity index (χ3v) is 4.91. The van der Waals surface area contributed by atoms with E-state index < -0.39 is 0 Å². The summed E-state index contributed by atoms with van der Waals surface area (Å²) in [7, 11) is 1.67. The van der Waals surface area contributed by atoms with E-state index in [0.717, 1.165) is 33.5 Å². The molecule has 0 atom stereocenters. The van der Waals surface area contributed by atoms with Crippen LogP contribution in [0.5, 0.6) is 5.75 Å². The standard InChI is InChI=1S/C19H18N6OS/c1-26-17-9-5-2-6-13(17)12-27-19-22-18(24-25-19)23-21-11-14-10-20-16-8-4-3-7-15(14)16/h2-11,20H,12H2,1H3,(H2,22,23,24,25)/b21-11+. The number of methoxy groups -OCH3 is 1. The highest BCUT2D eigenvalue weighted by molar-refractivity contribution is 7.98. The van der Waals surface area contributed by atoms with Gasteiger partial charge in [-0.3, -0.25) is 0 Å². The van der Waals surface area contributed by atoms with Crippen LogP contribution in [0.25, 0.3) is 10.9 Å². The highest BCUT2D eigenvalue weighted by atomic mass is 32.2. The molecular weight excluding hydrogens is 360 g/mol. The molecule has 0 unspecified atom stereocenters. The van der Waals surface area contributed by atoms with Crippen molar-refractivity contribution in [2.75, 3.05) is 12.5 Å². The van der Waals surface area contributed by atoms with Crippen LogP contribution in [0, 0.1) is 0 Å². The fraction of sp³-hybridized carbons (Fsp3) is 0.105. The predicted octanol–water partition coefficient (Wildman–Crippen LogP) is 4.03. The summed E-state index contributed by atoms with van der Waals surface area (Å²) in [5.74, 6) is 2.08. The monoisotopic (exact) mass is 378 g/mol. The molecule has 0 spiro atoms. The topological polar surface area (TPSA) is 91.0 Å². The van der Waals surface area contributed by atoms with Gasteiger partial charge in [0.1, 0.15) is 5.75 Å². The Hall–Kier alpha value is -3.26. The first-order valence-electron chi connectivity index (χ1n) is 8.36. The first kappa shape index (κ1) is 17.2. The maximum atomic E-state index is 5.36. The molecule has 2 aromatic carbocycles. The third-order valence-electron chi connectivity index (χ3n) is 4.01. The van der Waals surface area contributed by atoms with Gasteiger partial charge in [-0.2, -0.15) is 10.1 Å². The summed E-state index contributed by atoms with van der Waals surface area (Å²) >= 11 is 1.53. The fourth-order valence-corrected chi connectivity index (χ4v) is 3.48. The molecule has 4 aromatic rings. The summed E-state index contributed by atoms with van der Waals surface area (Å²) in [4.78, 5) is 7.60. The molecule has 2 aromatic heterocycles. The van der Waals surface area contributed by atoms with Gasteiger partial charge in [-0.05, 0) is 12.1 Å². The number of nitrogens with zero attached hydrogens (tertiary/aromatic N) is 3. The Labute approximate surface area is 160 Å². The highest BCUT2D eigenvalue weighted by Crippen LogP contribution is 2.26. The number of hydrogen-bond donors (Lipinski definition) is 3. The molecule has 0 saturated carbocycles. The van der Waals surface area contributed by atoms with E-state index >= 15 is 0 Å². The van der Waals surface area contributed by atoms with E-state index in [2.05, 4.69) is 30.7 Å². The van der Waals surface area contributed by atoms with Crippen molar-refractivity contribution in [3.05, 3.63) is 65.9 Å². The molecule has 8 heteroatoms. The number of para-hydroxylation sites is 2. The number of aromatic amines is 2. The second-order valence-corrected chi connectivity index (χ2v) is 6.67. The van der Waals surface area contributed by atoms with Crippen molar-refractivity contribution in [2.24, 2.45) is 5.10 Å². The molecule has 0 aliphatic rings. The van der Waals surface area contributed by atoms with Crippen molar-refractivity contribution < 1.29 is 4.74 Å². The normalized spacial score (nSPS) is 11.3. The second kappa shape index (κ2) is 7.96. The number of hydrogen-bond acceptors (Lipinski definition) is 6. The zero-order chi connectivity index (χ0) is 18.5. The summed E-state index contributed by atoms with van der Waals surface area (Å²) in [6, 6.07) is 16.0. The van der Waals surface area contributed by atoms with Gasteiger partial charge in [0.15, 0.2) is 0 Å². The zero-order valence-corrected chi connectivity index (χ0v) is 15.5. The molecule has 0 amide bonds. The van der Waals surface area contributed by atoms with E-state index in [1.165, 1.54) is 11.8 Å². The van der Waals surface area contributed by atoms with Crippen molar-refractivity contribution >= 4 is 34.8 Å². The number of rotatable bonds is 7. The van der Waals surface area contributed by atoms with E-state index in [0.29, 0.717) is 11.1 Å². The van der Waals surface area contributed by atoms with Gasteiger partial charge < -0.3 is 9.72 Å². The molecule has 136 valence electrons. The molecule has 0 fully saturated rings. The van der Waals surface area contributed by atoms with E-state index in [9.17, 15) is 0 Å². The number of aromatic nitrogens is 4. The van der Waals surface area contributed by atoms with Gasteiger partial charge in [-0.15, -0.1) is 5.10 Å². The summed E-state index contributed by atoms with van der Waals surface area (Å²) in [6.07, 6.45) is 3.67. The number of benzene rings is 2. The molecule has 0 aliphatic heterocycles. The molecular formula is C19H18N6OS. The van der Waals surface area contributed by atoms with Crippen LogP contribution < -0.4 is 10.2 Å². The van der Waals surface area contributed by atoms with E-state index in [1.54, 1.807) is 13.3 Å². The van der Waals surface area contributed by atoms with Crippen LogP contribution in [0.15, 0.2) is 65.0 Å². The minimum absolute atomic E-state index is 0.494. The quantitative estimate of drug-likeness (QED) is 0.257. The molecule has 7 nitrogen and oxygen atoms in total. The lowest BCUT2D eigenvalue weighted by Gasteiger charge is -2.05. The van der Waals surface area contributed by atoms with Gasteiger partial charge in [0, 0.05) is 34.0 Å². The summed E-state index contributed by atoms with van der Waals surface area (Å²) < 4.78 is 5.36. The summed E-state index contributed by atoms with van der Waals surface area (Å²) in [5, 5.41) is 13.0. The van der Waals surface area contributed by atoms with Gasteiger partial charge in [0.2, 0.25) is 11.1 Å². The van der Waals surface area contributed by atoms with E-state index in [1.807, 2.05) is 54.7 Å². The summed E-state index contributed by atoms with van der Waals surface area (Å²) in [6.45, 7) is 0. The minimum Gasteiger partial charge on any atom is -0.496 e.